The summed E-state index contributed by atoms with van der Waals surface area (Å²) < 4.78 is 47.2. The van der Waals surface area contributed by atoms with Crippen LogP contribution in [0.2, 0.25) is 0 Å². The second kappa shape index (κ2) is 6.53. The van der Waals surface area contributed by atoms with Crippen LogP contribution in [0, 0.1) is 5.92 Å². The summed E-state index contributed by atoms with van der Waals surface area (Å²) in [5.74, 6) is -0.713. The van der Waals surface area contributed by atoms with Crippen LogP contribution in [0.1, 0.15) is 12.0 Å². The predicted octanol–water partition coefficient (Wildman–Crippen LogP) is 1.94. The molecule has 7 nitrogen and oxygen atoms in total. The third-order valence-electron chi connectivity index (χ3n) is 4.51. The van der Waals surface area contributed by atoms with Crippen molar-refractivity contribution in [3.8, 4) is 5.75 Å². The Kier molecular flexibility index (Phi) is 4.34. The van der Waals surface area contributed by atoms with Gasteiger partial charge in [0.05, 0.1) is 12.5 Å². The molecule has 0 amide bonds. The molecule has 4 rings (SSSR count). The molecule has 1 saturated carbocycles. The molecule has 3 unspecified atom stereocenters. The summed E-state index contributed by atoms with van der Waals surface area (Å²) >= 11 is 0. The number of esters is 1. The van der Waals surface area contributed by atoms with Crippen LogP contribution in [0.3, 0.4) is 0 Å². The second-order valence-corrected chi connectivity index (χ2v) is 8.22. The third-order valence-corrected chi connectivity index (χ3v) is 5.80. The molecule has 2 fully saturated rings. The summed E-state index contributed by atoms with van der Waals surface area (Å²) in [5.41, 5.74) is 0.743. The number of carbonyl (C=O) groups excluding carboxylic acids is 1. The van der Waals surface area contributed by atoms with Crippen LogP contribution in [-0.4, -0.2) is 43.5 Å². The van der Waals surface area contributed by atoms with E-state index < -0.39 is 27.3 Å². The Balaban J connectivity index is 1.46. The topological polar surface area (TPSA) is 102 Å². The molecule has 2 aromatic rings. The van der Waals surface area contributed by atoms with Gasteiger partial charge in [-0.1, -0.05) is 24.3 Å². The van der Waals surface area contributed by atoms with Gasteiger partial charge in [0.15, 0.2) is 0 Å². The average molecular weight is 378 g/mol. The number of hydrogen-bond acceptors (Lipinski definition) is 6. The van der Waals surface area contributed by atoms with Gasteiger partial charge in [-0.15, -0.1) is 0 Å². The monoisotopic (exact) mass is 378 g/mol. The lowest BCUT2D eigenvalue weighted by molar-refractivity contribution is -0.146. The highest BCUT2D eigenvalue weighted by molar-refractivity contribution is 7.86. The van der Waals surface area contributed by atoms with Crippen molar-refractivity contribution >= 4 is 26.9 Å². The molecule has 138 valence electrons. The van der Waals surface area contributed by atoms with Gasteiger partial charge in [-0.3, -0.25) is 9.35 Å². The van der Waals surface area contributed by atoms with E-state index in [1.165, 1.54) is 0 Å². The van der Waals surface area contributed by atoms with Crippen LogP contribution in [0.15, 0.2) is 36.4 Å². The summed E-state index contributed by atoms with van der Waals surface area (Å²) in [5, 5.41) is 0.871. The molecule has 2 aromatic carbocycles. The zero-order valence-corrected chi connectivity index (χ0v) is 14.6. The number of benzene rings is 2. The van der Waals surface area contributed by atoms with Crippen molar-refractivity contribution in [1.29, 1.82) is 0 Å². The van der Waals surface area contributed by atoms with Crippen molar-refractivity contribution in [1.82, 2.24) is 0 Å². The van der Waals surface area contributed by atoms with E-state index in [1.54, 1.807) is 0 Å². The first kappa shape index (κ1) is 17.3. The second-order valence-electron chi connectivity index (χ2n) is 6.58. The Hall–Kier alpha value is -2.16. The van der Waals surface area contributed by atoms with Crippen molar-refractivity contribution in [3.05, 3.63) is 42.0 Å². The number of fused-ring (bicyclic) bond motifs is 1. The highest BCUT2D eigenvalue weighted by atomic mass is 32.2. The molecule has 26 heavy (non-hydrogen) atoms. The molecule has 8 heteroatoms. The molecule has 0 bridgehead atoms. The fourth-order valence-corrected chi connectivity index (χ4v) is 3.87. The molecular weight excluding hydrogens is 360 g/mol. The normalized spacial score (nSPS) is 24.3. The zero-order chi connectivity index (χ0) is 18.3. The lowest BCUT2D eigenvalue weighted by atomic mass is 10.1. The first-order chi connectivity index (χ1) is 12.4. The molecule has 3 atom stereocenters. The minimum atomic E-state index is -4.18. The Morgan fingerprint density at radius 1 is 1.27 bits per heavy atom. The van der Waals surface area contributed by atoms with Crippen molar-refractivity contribution < 1.29 is 32.0 Å². The zero-order valence-electron chi connectivity index (χ0n) is 13.8. The van der Waals surface area contributed by atoms with Gasteiger partial charge in [0.2, 0.25) is 0 Å². The largest absolute Gasteiger partial charge is 0.490 e. The van der Waals surface area contributed by atoms with Crippen LogP contribution in [0.4, 0.5) is 0 Å². The van der Waals surface area contributed by atoms with Gasteiger partial charge in [-0.2, -0.15) is 8.42 Å². The SMILES string of the molecule is O=C(OCc1cc(OCC2CO2)c2ccccc2c1)C1CC1S(=O)(=O)O. The van der Waals surface area contributed by atoms with E-state index in [0.717, 1.165) is 16.3 Å². The lowest BCUT2D eigenvalue weighted by Crippen LogP contribution is -2.14. The maximum atomic E-state index is 12.0. The van der Waals surface area contributed by atoms with E-state index in [-0.39, 0.29) is 19.1 Å². The maximum absolute atomic E-state index is 12.0. The van der Waals surface area contributed by atoms with Crippen molar-refractivity contribution in [2.75, 3.05) is 13.2 Å². The minimum Gasteiger partial charge on any atom is -0.490 e. The highest BCUT2D eigenvalue weighted by Gasteiger charge is 2.52. The lowest BCUT2D eigenvalue weighted by Gasteiger charge is -2.12. The van der Waals surface area contributed by atoms with Crippen LogP contribution >= 0.6 is 0 Å². The van der Waals surface area contributed by atoms with Crippen LogP contribution < -0.4 is 4.74 Å². The summed E-state index contributed by atoms with van der Waals surface area (Å²) in [6.07, 6.45) is 0.230. The molecule has 1 saturated heterocycles. The van der Waals surface area contributed by atoms with E-state index in [9.17, 15) is 13.2 Å². The summed E-state index contributed by atoms with van der Waals surface area (Å²) in [4.78, 5) is 12.0. The number of ether oxygens (including phenoxy) is 3. The van der Waals surface area contributed by atoms with Gasteiger partial charge in [-0.05, 0) is 29.5 Å². The smallest absolute Gasteiger partial charge is 0.310 e. The highest BCUT2D eigenvalue weighted by Crippen LogP contribution is 2.38. The van der Waals surface area contributed by atoms with E-state index in [1.807, 2.05) is 36.4 Å². The van der Waals surface area contributed by atoms with Gasteiger partial charge in [0, 0.05) is 5.39 Å². The number of rotatable bonds is 7. The van der Waals surface area contributed by atoms with E-state index in [4.69, 9.17) is 18.8 Å². The Labute approximate surface area is 150 Å². The van der Waals surface area contributed by atoms with Gasteiger partial charge < -0.3 is 14.2 Å². The maximum Gasteiger partial charge on any atom is 0.310 e. The van der Waals surface area contributed by atoms with Crippen LogP contribution in [-0.2, 0) is 31.0 Å². The first-order valence-corrected chi connectivity index (χ1v) is 9.81. The molecule has 1 heterocycles. The molecule has 1 N–H and O–H groups in total. The number of hydrogen-bond donors (Lipinski definition) is 1. The Morgan fingerprint density at radius 2 is 2.04 bits per heavy atom. The molecule has 0 spiro atoms. The van der Waals surface area contributed by atoms with Gasteiger partial charge >= 0.3 is 5.97 Å². The molecule has 0 aromatic heterocycles. The number of epoxide rings is 1. The molecule has 1 aliphatic carbocycles. The van der Waals surface area contributed by atoms with Gasteiger partial charge in [-0.25, -0.2) is 0 Å². The third kappa shape index (κ3) is 3.82. The number of carbonyl (C=O) groups is 1. The van der Waals surface area contributed by atoms with Crippen molar-refractivity contribution in [2.24, 2.45) is 5.92 Å². The summed E-state index contributed by atoms with van der Waals surface area (Å²) in [6.45, 7) is 1.17. The van der Waals surface area contributed by atoms with E-state index in [0.29, 0.717) is 19.0 Å². The minimum absolute atomic E-state index is 0.00858. The first-order valence-electron chi connectivity index (χ1n) is 8.31. The van der Waals surface area contributed by atoms with Crippen molar-refractivity contribution in [2.45, 2.75) is 24.4 Å². The van der Waals surface area contributed by atoms with Gasteiger partial charge in [0.25, 0.3) is 10.1 Å². The Bertz CT molecular complexity index is 949. The predicted molar refractivity (Wildman–Crippen MR) is 92.4 cm³/mol. The van der Waals surface area contributed by atoms with Crippen molar-refractivity contribution in [3.63, 3.8) is 0 Å². The Morgan fingerprint density at radius 3 is 2.73 bits per heavy atom. The summed E-state index contributed by atoms with van der Waals surface area (Å²) in [7, 11) is -4.18. The van der Waals surface area contributed by atoms with Crippen LogP contribution in [0.5, 0.6) is 5.75 Å². The molecular formula is C18H18O7S. The van der Waals surface area contributed by atoms with Crippen LogP contribution in [0.25, 0.3) is 10.8 Å². The average Bonchev–Trinajstić information content (AvgIpc) is 3.49. The standard InChI is InChI=1S/C18H18O7S/c19-18(15-7-17(15)26(20,21)22)25-8-11-5-12-3-1-2-4-14(12)16(6-11)24-10-13-9-23-13/h1-6,13,15,17H,7-10H2,(H,20,21,22). The fraction of sp³-hybridized carbons (Fsp3) is 0.389. The summed E-state index contributed by atoms with van der Waals surface area (Å²) in [6, 6.07) is 11.4. The fourth-order valence-electron chi connectivity index (χ4n) is 2.89. The molecule has 2 aliphatic rings. The van der Waals surface area contributed by atoms with E-state index in [2.05, 4.69) is 0 Å². The van der Waals surface area contributed by atoms with Gasteiger partial charge in [0.1, 0.15) is 30.3 Å². The quantitative estimate of drug-likeness (QED) is 0.446. The molecule has 1 aliphatic heterocycles. The molecule has 0 radical (unpaired) electrons. The van der Waals surface area contributed by atoms with E-state index >= 15 is 0 Å².